The molecule has 0 radical (unpaired) electrons. The van der Waals surface area contributed by atoms with Crippen molar-refractivity contribution in [2.24, 2.45) is 0 Å². The number of fused-ring (bicyclic) bond motifs is 1. The standard InChI is InChI=1S/C15H11NO4S2/c17-13(18)7-16-14(19)12(22-15(16)21)6-9-5-10-3-1-2-4-11(10)20-8-9/h1-6H,7-8H2,(H,17,18)/p-1/b12-6-. The topological polar surface area (TPSA) is 69.7 Å². The van der Waals surface area contributed by atoms with Gasteiger partial charge in [0.1, 0.15) is 16.7 Å². The fourth-order valence-electron chi connectivity index (χ4n) is 2.15. The summed E-state index contributed by atoms with van der Waals surface area (Å²) < 4.78 is 5.84. The monoisotopic (exact) mass is 332 g/mol. The van der Waals surface area contributed by atoms with Gasteiger partial charge in [0.05, 0.1) is 17.4 Å². The van der Waals surface area contributed by atoms with Gasteiger partial charge in [0.15, 0.2) is 0 Å². The zero-order valence-corrected chi connectivity index (χ0v) is 12.9. The van der Waals surface area contributed by atoms with Gasteiger partial charge in [-0.2, -0.15) is 0 Å². The van der Waals surface area contributed by atoms with E-state index in [-0.39, 0.29) is 4.32 Å². The van der Waals surface area contributed by atoms with Crippen LogP contribution in [0.15, 0.2) is 40.8 Å². The van der Waals surface area contributed by atoms with Gasteiger partial charge in [0.2, 0.25) is 0 Å². The normalized spacial score (nSPS) is 19.0. The van der Waals surface area contributed by atoms with Crippen LogP contribution >= 0.6 is 24.0 Å². The van der Waals surface area contributed by atoms with Gasteiger partial charge in [-0.1, -0.05) is 42.2 Å². The van der Waals surface area contributed by atoms with Gasteiger partial charge in [-0.15, -0.1) is 0 Å². The smallest absolute Gasteiger partial charge is 0.266 e. The van der Waals surface area contributed by atoms with E-state index >= 15 is 0 Å². The van der Waals surface area contributed by atoms with Crippen LogP contribution in [0.3, 0.4) is 0 Å². The van der Waals surface area contributed by atoms with Gasteiger partial charge in [-0.25, -0.2) is 0 Å². The number of hydrogen-bond donors (Lipinski definition) is 0. The lowest BCUT2D eigenvalue weighted by molar-refractivity contribution is -0.305. The molecule has 0 atom stereocenters. The molecule has 0 N–H and O–H groups in total. The lowest BCUT2D eigenvalue weighted by atomic mass is 10.1. The maximum atomic E-state index is 12.2. The van der Waals surface area contributed by atoms with Crippen LogP contribution in [0.25, 0.3) is 6.08 Å². The minimum Gasteiger partial charge on any atom is -0.548 e. The number of ether oxygens (including phenoxy) is 1. The third-order valence-electron chi connectivity index (χ3n) is 3.13. The van der Waals surface area contributed by atoms with E-state index in [4.69, 9.17) is 17.0 Å². The fraction of sp³-hybridized carbons (Fsp3) is 0.133. The van der Waals surface area contributed by atoms with E-state index in [0.717, 1.165) is 33.5 Å². The molecule has 1 amide bonds. The summed E-state index contributed by atoms with van der Waals surface area (Å²) >= 11 is 6.11. The average Bonchev–Trinajstić information content (AvgIpc) is 2.74. The Morgan fingerprint density at radius 3 is 3.00 bits per heavy atom. The minimum absolute atomic E-state index is 0.221. The van der Waals surface area contributed by atoms with Crippen molar-refractivity contribution in [1.29, 1.82) is 0 Å². The molecule has 2 aliphatic rings. The van der Waals surface area contributed by atoms with Crippen molar-refractivity contribution < 1.29 is 19.4 Å². The predicted molar refractivity (Wildman–Crippen MR) is 84.9 cm³/mol. The highest BCUT2D eigenvalue weighted by atomic mass is 32.2. The third-order valence-corrected chi connectivity index (χ3v) is 4.51. The molecule has 1 aromatic rings. The van der Waals surface area contributed by atoms with Crippen molar-refractivity contribution in [3.05, 3.63) is 46.4 Å². The number of hydrogen-bond acceptors (Lipinski definition) is 6. The molecule has 0 spiro atoms. The Morgan fingerprint density at radius 1 is 1.45 bits per heavy atom. The van der Waals surface area contributed by atoms with Crippen molar-refractivity contribution in [3.63, 3.8) is 0 Å². The van der Waals surface area contributed by atoms with Crippen LogP contribution in [0.2, 0.25) is 0 Å². The Labute approximate surface area is 136 Å². The lowest BCUT2D eigenvalue weighted by Gasteiger charge is -2.16. The molecule has 1 fully saturated rings. The molecule has 0 aliphatic carbocycles. The van der Waals surface area contributed by atoms with E-state index in [9.17, 15) is 14.7 Å². The van der Waals surface area contributed by atoms with E-state index in [1.165, 1.54) is 0 Å². The third kappa shape index (κ3) is 2.90. The summed E-state index contributed by atoms with van der Waals surface area (Å²) in [4.78, 5) is 24.2. The van der Waals surface area contributed by atoms with Crippen LogP contribution < -0.4 is 9.84 Å². The van der Waals surface area contributed by atoms with E-state index in [2.05, 4.69) is 0 Å². The van der Waals surface area contributed by atoms with Gasteiger partial charge >= 0.3 is 0 Å². The fourth-order valence-corrected chi connectivity index (χ4v) is 3.42. The zero-order valence-electron chi connectivity index (χ0n) is 11.3. The SMILES string of the molecule is O=C([O-])CN1C(=O)/C(=C/C2=Cc3ccccc3OC2)SC1=S. The Hall–Kier alpha value is -2.12. The minimum atomic E-state index is -1.34. The molecule has 22 heavy (non-hydrogen) atoms. The van der Waals surface area contributed by atoms with E-state index in [1.807, 2.05) is 30.3 Å². The Bertz CT molecular complexity index is 739. The Kier molecular flexibility index (Phi) is 4.00. The van der Waals surface area contributed by atoms with E-state index in [0.29, 0.717) is 11.5 Å². The molecule has 3 rings (SSSR count). The molecule has 0 aromatic heterocycles. The molecule has 0 unspecified atom stereocenters. The van der Waals surface area contributed by atoms with Gasteiger partial charge in [-0.3, -0.25) is 9.69 Å². The quantitative estimate of drug-likeness (QED) is 0.606. The van der Waals surface area contributed by atoms with Crippen LogP contribution in [0.4, 0.5) is 0 Å². The number of carbonyl (C=O) groups excluding carboxylic acids is 2. The first-order valence-electron chi connectivity index (χ1n) is 6.42. The van der Waals surface area contributed by atoms with Crippen LogP contribution in [-0.2, 0) is 9.59 Å². The number of thioether (sulfide) groups is 1. The van der Waals surface area contributed by atoms with Gasteiger partial charge in [0.25, 0.3) is 5.91 Å². The molecule has 7 heteroatoms. The summed E-state index contributed by atoms with van der Waals surface area (Å²) in [5.41, 5.74) is 1.76. The largest absolute Gasteiger partial charge is 0.548 e. The summed E-state index contributed by atoms with van der Waals surface area (Å²) in [6, 6.07) is 7.59. The van der Waals surface area contributed by atoms with Crippen molar-refractivity contribution in [1.82, 2.24) is 4.90 Å². The van der Waals surface area contributed by atoms with Gasteiger partial charge in [-0.05, 0) is 23.8 Å². The second kappa shape index (κ2) is 5.94. The first kappa shape index (κ1) is 14.8. The maximum Gasteiger partial charge on any atom is 0.266 e. The average molecular weight is 332 g/mol. The van der Waals surface area contributed by atoms with Crippen LogP contribution in [0, 0.1) is 0 Å². The summed E-state index contributed by atoms with van der Waals surface area (Å²) in [6.45, 7) is -0.179. The number of rotatable bonds is 3. The van der Waals surface area contributed by atoms with E-state index < -0.39 is 18.4 Å². The summed E-state index contributed by atoms with van der Waals surface area (Å²) in [5, 5.41) is 10.7. The van der Waals surface area contributed by atoms with Crippen LogP contribution in [0.1, 0.15) is 5.56 Å². The first-order valence-corrected chi connectivity index (χ1v) is 7.64. The highest BCUT2D eigenvalue weighted by molar-refractivity contribution is 8.26. The van der Waals surface area contributed by atoms with Crippen molar-refractivity contribution >= 4 is 46.3 Å². The number of nitrogens with zero attached hydrogens (tertiary/aromatic N) is 1. The summed E-state index contributed by atoms with van der Waals surface area (Å²) in [7, 11) is 0. The lowest BCUT2D eigenvalue weighted by Crippen LogP contribution is -2.40. The second-order valence-corrected chi connectivity index (χ2v) is 6.36. The van der Waals surface area contributed by atoms with Crippen molar-refractivity contribution in [3.8, 4) is 5.75 Å². The van der Waals surface area contributed by atoms with Gasteiger partial charge < -0.3 is 14.6 Å². The molecule has 1 aromatic carbocycles. The van der Waals surface area contributed by atoms with Crippen LogP contribution in [-0.4, -0.2) is 34.2 Å². The van der Waals surface area contributed by atoms with Gasteiger partial charge in [0, 0.05) is 5.56 Å². The number of para-hydroxylation sites is 1. The zero-order chi connectivity index (χ0) is 15.7. The highest BCUT2D eigenvalue weighted by Crippen LogP contribution is 2.33. The predicted octanol–water partition coefficient (Wildman–Crippen LogP) is 0.956. The number of thiocarbonyl (C=S) groups is 1. The number of benzene rings is 1. The molecule has 2 aliphatic heterocycles. The second-order valence-electron chi connectivity index (χ2n) is 4.69. The molecule has 5 nitrogen and oxygen atoms in total. The van der Waals surface area contributed by atoms with Crippen LogP contribution in [0.5, 0.6) is 5.75 Å². The molecule has 0 saturated carbocycles. The Balaban J connectivity index is 1.85. The molecule has 2 heterocycles. The molecule has 112 valence electrons. The number of carboxylic acids is 1. The number of amides is 1. The number of carboxylic acid groups (broad SMARTS) is 1. The molecular weight excluding hydrogens is 322 g/mol. The molecule has 0 bridgehead atoms. The van der Waals surface area contributed by atoms with Crippen molar-refractivity contribution in [2.75, 3.05) is 13.2 Å². The summed E-state index contributed by atoms with van der Waals surface area (Å²) in [5.74, 6) is -0.963. The van der Waals surface area contributed by atoms with E-state index in [1.54, 1.807) is 6.08 Å². The molecule has 1 saturated heterocycles. The summed E-state index contributed by atoms with van der Waals surface area (Å²) in [6.07, 6.45) is 3.62. The molecular formula is C15H10NO4S2-. The Morgan fingerprint density at radius 2 is 2.23 bits per heavy atom. The first-order chi connectivity index (χ1) is 10.5. The number of carbonyl (C=O) groups is 2. The van der Waals surface area contributed by atoms with Crippen molar-refractivity contribution in [2.45, 2.75) is 0 Å². The number of aliphatic carboxylic acids is 1. The highest BCUT2D eigenvalue weighted by Gasteiger charge is 2.32. The maximum absolute atomic E-state index is 12.2.